The van der Waals surface area contributed by atoms with Gasteiger partial charge in [0.05, 0.1) is 11.4 Å². The van der Waals surface area contributed by atoms with Gasteiger partial charge >= 0.3 is 0 Å². The Balaban J connectivity index is 1.75. The zero-order valence-electron chi connectivity index (χ0n) is 11.6. The summed E-state index contributed by atoms with van der Waals surface area (Å²) in [6, 6.07) is 0.339. The van der Waals surface area contributed by atoms with Crippen LogP contribution in [-0.2, 0) is 13.5 Å². The van der Waals surface area contributed by atoms with Crippen LogP contribution in [0.2, 0.25) is 0 Å². The number of hydrogen-bond donors (Lipinski definition) is 2. The molecule has 3 N–H and O–H groups in total. The molecule has 2 bridgehead atoms. The van der Waals surface area contributed by atoms with Crippen LogP contribution in [-0.4, -0.2) is 21.7 Å². The fourth-order valence-electron chi connectivity index (χ4n) is 3.78. The standard InChI is InChI=1S/C14H22N4O/c1-3-10-12(15)13(18(2)17-10)14(19)16-11-7-8-4-5-9(11)6-8/h8-9,11H,3-7,15H2,1-2H3,(H,16,19). The number of aromatic nitrogens is 2. The van der Waals surface area contributed by atoms with E-state index in [1.54, 1.807) is 11.7 Å². The smallest absolute Gasteiger partial charge is 0.271 e. The Kier molecular flexibility index (Phi) is 2.99. The lowest BCUT2D eigenvalue weighted by atomic mass is 9.95. The molecule has 5 heteroatoms. The molecule has 3 atom stereocenters. The molecule has 1 amide bonds. The molecule has 1 heterocycles. The monoisotopic (exact) mass is 262 g/mol. The molecule has 3 rings (SSSR count). The summed E-state index contributed by atoms with van der Waals surface area (Å²) in [5, 5.41) is 7.47. The van der Waals surface area contributed by atoms with Crippen molar-refractivity contribution in [3.8, 4) is 0 Å². The van der Waals surface area contributed by atoms with E-state index in [-0.39, 0.29) is 5.91 Å². The van der Waals surface area contributed by atoms with E-state index < -0.39 is 0 Å². The van der Waals surface area contributed by atoms with Crippen LogP contribution < -0.4 is 11.1 Å². The minimum Gasteiger partial charge on any atom is -0.395 e. The molecule has 0 saturated heterocycles. The van der Waals surface area contributed by atoms with E-state index >= 15 is 0 Å². The van der Waals surface area contributed by atoms with Gasteiger partial charge in [-0.15, -0.1) is 0 Å². The predicted octanol–water partition coefficient (Wildman–Crippen LogP) is 1.48. The zero-order valence-corrected chi connectivity index (χ0v) is 11.6. The molecule has 1 aromatic rings. The van der Waals surface area contributed by atoms with E-state index in [4.69, 9.17) is 5.73 Å². The lowest BCUT2D eigenvalue weighted by Crippen LogP contribution is -2.39. The minimum absolute atomic E-state index is 0.0650. The molecule has 19 heavy (non-hydrogen) atoms. The molecule has 2 fully saturated rings. The van der Waals surface area contributed by atoms with Gasteiger partial charge in [0.25, 0.3) is 5.91 Å². The number of carbonyl (C=O) groups is 1. The van der Waals surface area contributed by atoms with E-state index in [1.807, 2.05) is 6.92 Å². The third-order valence-corrected chi connectivity index (χ3v) is 4.76. The van der Waals surface area contributed by atoms with Gasteiger partial charge in [-0.1, -0.05) is 13.3 Å². The third kappa shape index (κ3) is 2.01. The average Bonchev–Trinajstić information content (AvgIpc) is 3.03. The van der Waals surface area contributed by atoms with Crippen LogP contribution in [0.5, 0.6) is 0 Å². The highest BCUT2D eigenvalue weighted by atomic mass is 16.2. The van der Waals surface area contributed by atoms with Crippen molar-refractivity contribution >= 4 is 11.6 Å². The number of nitrogen functional groups attached to an aromatic ring is 1. The first kappa shape index (κ1) is 12.5. The molecule has 0 radical (unpaired) electrons. The van der Waals surface area contributed by atoms with E-state index in [0.29, 0.717) is 23.3 Å². The number of aryl methyl sites for hydroxylation is 2. The van der Waals surface area contributed by atoms with Gasteiger partial charge in [0, 0.05) is 13.1 Å². The maximum atomic E-state index is 12.4. The Bertz CT molecular complexity index is 508. The minimum atomic E-state index is -0.0650. The second-order valence-corrected chi connectivity index (χ2v) is 5.94. The van der Waals surface area contributed by atoms with Gasteiger partial charge in [-0.25, -0.2) is 0 Å². The van der Waals surface area contributed by atoms with Crippen LogP contribution in [0.15, 0.2) is 0 Å². The molecular formula is C14H22N4O. The fraction of sp³-hybridized carbons (Fsp3) is 0.714. The first-order chi connectivity index (χ1) is 9.10. The quantitative estimate of drug-likeness (QED) is 0.866. The van der Waals surface area contributed by atoms with E-state index in [1.165, 1.54) is 19.3 Å². The average molecular weight is 262 g/mol. The van der Waals surface area contributed by atoms with Gasteiger partial charge in [0.15, 0.2) is 0 Å². The lowest BCUT2D eigenvalue weighted by molar-refractivity contribution is 0.0914. The number of amides is 1. The highest BCUT2D eigenvalue weighted by Gasteiger charge is 2.40. The van der Waals surface area contributed by atoms with Gasteiger partial charge < -0.3 is 11.1 Å². The van der Waals surface area contributed by atoms with Crippen molar-refractivity contribution in [1.82, 2.24) is 15.1 Å². The zero-order chi connectivity index (χ0) is 13.6. The van der Waals surface area contributed by atoms with Crippen molar-refractivity contribution in [3.63, 3.8) is 0 Å². The van der Waals surface area contributed by atoms with Crippen LogP contribution >= 0.6 is 0 Å². The second-order valence-electron chi connectivity index (χ2n) is 5.94. The van der Waals surface area contributed by atoms with Crippen LogP contribution in [0.4, 0.5) is 5.69 Å². The normalized spacial score (nSPS) is 28.8. The number of fused-ring (bicyclic) bond motifs is 2. The molecule has 3 unspecified atom stereocenters. The summed E-state index contributed by atoms with van der Waals surface area (Å²) in [5.74, 6) is 1.43. The van der Waals surface area contributed by atoms with Crippen molar-refractivity contribution in [1.29, 1.82) is 0 Å². The number of rotatable bonds is 3. The fourth-order valence-corrected chi connectivity index (χ4v) is 3.78. The number of nitrogens with one attached hydrogen (secondary N) is 1. The van der Waals surface area contributed by atoms with Gasteiger partial charge in [-0.2, -0.15) is 5.10 Å². The summed E-state index contributed by atoms with van der Waals surface area (Å²) >= 11 is 0. The lowest BCUT2D eigenvalue weighted by Gasteiger charge is -2.22. The van der Waals surface area contributed by atoms with Gasteiger partial charge in [0.2, 0.25) is 0 Å². The topological polar surface area (TPSA) is 72.9 Å². The van der Waals surface area contributed by atoms with Crippen LogP contribution in [0, 0.1) is 11.8 Å². The van der Waals surface area contributed by atoms with E-state index in [0.717, 1.165) is 24.5 Å². The Labute approximate surface area is 113 Å². The Morgan fingerprint density at radius 1 is 1.47 bits per heavy atom. The first-order valence-electron chi connectivity index (χ1n) is 7.22. The molecule has 5 nitrogen and oxygen atoms in total. The van der Waals surface area contributed by atoms with Gasteiger partial charge in [-0.3, -0.25) is 9.48 Å². The maximum absolute atomic E-state index is 12.4. The van der Waals surface area contributed by atoms with Crippen molar-refractivity contribution in [2.24, 2.45) is 18.9 Å². The third-order valence-electron chi connectivity index (χ3n) is 4.76. The molecule has 2 saturated carbocycles. The molecule has 0 spiro atoms. The summed E-state index contributed by atoms with van der Waals surface area (Å²) in [6.07, 6.45) is 5.77. The molecule has 0 aliphatic heterocycles. The van der Waals surface area contributed by atoms with Crippen LogP contribution in [0.3, 0.4) is 0 Å². The number of nitrogens with two attached hydrogens (primary N) is 1. The summed E-state index contributed by atoms with van der Waals surface area (Å²) in [5.41, 5.74) is 7.87. The Morgan fingerprint density at radius 3 is 2.79 bits per heavy atom. The summed E-state index contributed by atoms with van der Waals surface area (Å²) in [6.45, 7) is 2.00. The molecule has 104 valence electrons. The van der Waals surface area contributed by atoms with Crippen molar-refractivity contribution in [2.75, 3.05) is 5.73 Å². The number of nitrogens with zero attached hydrogens (tertiary/aromatic N) is 2. The maximum Gasteiger partial charge on any atom is 0.271 e. The van der Waals surface area contributed by atoms with Crippen LogP contribution in [0.1, 0.15) is 48.8 Å². The van der Waals surface area contributed by atoms with Gasteiger partial charge in [0.1, 0.15) is 5.69 Å². The number of carbonyl (C=O) groups excluding carboxylic acids is 1. The first-order valence-corrected chi connectivity index (χ1v) is 7.22. The Hall–Kier alpha value is -1.52. The summed E-state index contributed by atoms with van der Waals surface area (Å²) in [7, 11) is 1.78. The second kappa shape index (κ2) is 4.54. The molecule has 2 aliphatic rings. The molecule has 2 aliphatic carbocycles. The van der Waals surface area contributed by atoms with Crippen LogP contribution in [0.25, 0.3) is 0 Å². The van der Waals surface area contributed by atoms with Crippen molar-refractivity contribution in [2.45, 2.75) is 45.1 Å². The predicted molar refractivity (Wildman–Crippen MR) is 73.7 cm³/mol. The van der Waals surface area contributed by atoms with Gasteiger partial charge in [-0.05, 0) is 37.5 Å². The highest BCUT2D eigenvalue weighted by Crippen LogP contribution is 2.44. The van der Waals surface area contributed by atoms with Crippen molar-refractivity contribution in [3.05, 3.63) is 11.4 Å². The number of hydrogen-bond acceptors (Lipinski definition) is 3. The molecule has 0 aromatic carbocycles. The Morgan fingerprint density at radius 2 is 2.26 bits per heavy atom. The van der Waals surface area contributed by atoms with E-state index in [2.05, 4.69) is 10.4 Å². The SMILES string of the molecule is CCc1nn(C)c(C(=O)NC2CC3CCC2C3)c1N. The largest absolute Gasteiger partial charge is 0.395 e. The van der Waals surface area contributed by atoms with Crippen molar-refractivity contribution < 1.29 is 4.79 Å². The molecular weight excluding hydrogens is 240 g/mol. The number of anilines is 1. The van der Waals surface area contributed by atoms with E-state index in [9.17, 15) is 4.79 Å². The highest BCUT2D eigenvalue weighted by molar-refractivity contribution is 5.98. The molecule has 1 aromatic heterocycles. The summed E-state index contributed by atoms with van der Waals surface area (Å²) < 4.78 is 1.61. The summed E-state index contributed by atoms with van der Waals surface area (Å²) in [4.78, 5) is 12.4.